The van der Waals surface area contributed by atoms with Gasteiger partial charge < -0.3 is 10.6 Å². The summed E-state index contributed by atoms with van der Waals surface area (Å²) in [5.41, 5.74) is 1.30. The van der Waals surface area contributed by atoms with Crippen molar-refractivity contribution in [1.29, 1.82) is 0 Å². The molecular formula is C12H20N2OS. The van der Waals surface area contributed by atoms with Crippen LogP contribution in [-0.4, -0.2) is 19.0 Å². The Kier molecular flexibility index (Phi) is 5.49. The molecule has 0 spiro atoms. The van der Waals surface area contributed by atoms with Gasteiger partial charge in [0.15, 0.2) is 0 Å². The maximum atomic E-state index is 11.4. The van der Waals surface area contributed by atoms with Crippen LogP contribution in [0.3, 0.4) is 0 Å². The number of hydrogen-bond acceptors (Lipinski definition) is 3. The summed E-state index contributed by atoms with van der Waals surface area (Å²) in [7, 11) is 0. The highest BCUT2D eigenvalue weighted by atomic mass is 32.1. The molecule has 0 fully saturated rings. The van der Waals surface area contributed by atoms with E-state index in [2.05, 4.69) is 37.5 Å². The van der Waals surface area contributed by atoms with Crippen molar-refractivity contribution in [3.8, 4) is 0 Å². The molecule has 0 bridgehead atoms. The third-order valence-electron chi connectivity index (χ3n) is 2.39. The summed E-state index contributed by atoms with van der Waals surface area (Å²) in [6, 6.07) is 2.14. The minimum atomic E-state index is 0.0668. The molecule has 0 unspecified atom stereocenters. The van der Waals surface area contributed by atoms with Crippen LogP contribution in [0.4, 0.5) is 0 Å². The summed E-state index contributed by atoms with van der Waals surface area (Å²) in [4.78, 5) is 14.0. The topological polar surface area (TPSA) is 41.1 Å². The Morgan fingerprint density at radius 2 is 2.19 bits per heavy atom. The number of amides is 1. The van der Waals surface area contributed by atoms with Gasteiger partial charge >= 0.3 is 0 Å². The number of carbonyl (C=O) groups is 1. The Balaban J connectivity index is 2.26. The molecule has 16 heavy (non-hydrogen) atoms. The van der Waals surface area contributed by atoms with E-state index in [1.807, 2.05) is 0 Å². The molecule has 0 saturated carbocycles. The van der Waals surface area contributed by atoms with E-state index in [-0.39, 0.29) is 5.91 Å². The second-order valence-electron chi connectivity index (χ2n) is 3.91. The van der Waals surface area contributed by atoms with Gasteiger partial charge in [-0.1, -0.05) is 6.92 Å². The lowest BCUT2D eigenvalue weighted by Crippen LogP contribution is -2.33. The molecular weight excluding hydrogens is 220 g/mol. The zero-order valence-electron chi connectivity index (χ0n) is 10.2. The van der Waals surface area contributed by atoms with Crippen molar-refractivity contribution in [3.63, 3.8) is 0 Å². The van der Waals surface area contributed by atoms with Crippen LogP contribution in [0.25, 0.3) is 0 Å². The Morgan fingerprint density at radius 1 is 1.44 bits per heavy atom. The molecule has 4 heteroatoms. The minimum Gasteiger partial charge on any atom is -0.350 e. The molecule has 3 nitrogen and oxygen atoms in total. The third-order valence-corrected chi connectivity index (χ3v) is 3.54. The lowest BCUT2D eigenvalue weighted by molar-refractivity contribution is -0.120. The monoisotopic (exact) mass is 240 g/mol. The average Bonchev–Trinajstić information content (AvgIpc) is 2.56. The lowest BCUT2D eigenvalue weighted by Gasteiger charge is -2.04. The van der Waals surface area contributed by atoms with Gasteiger partial charge in [0.05, 0.1) is 13.1 Å². The number of thiophene rings is 1. The van der Waals surface area contributed by atoms with Crippen molar-refractivity contribution in [2.45, 2.75) is 33.7 Å². The molecule has 1 aromatic heterocycles. The molecule has 1 amide bonds. The predicted octanol–water partition coefficient (Wildman–Crippen LogP) is 1.98. The number of rotatable bonds is 6. The zero-order chi connectivity index (χ0) is 12.0. The fourth-order valence-electron chi connectivity index (χ4n) is 1.36. The zero-order valence-corrected chi connectivity index (χ0v) is 11.0. The third kappa shape index (κ3) is 4.33. The predicted molar refractivity (Wildman–Crippen MR) is 68.8 cm³/mol. The van der Waals surface area contributed by atoms with Gasteiger partial charge in [0.25, 0.3) is 0 Å². The number of carbonyl (C=O) groups excluding carboxylic acids is 1. The fraction of sp³-hybridized carbons (Fsp3) is 0.583. The normalized spacial score (nSPS) is 10.4. The van der Waals surface area contributed by atoms with Gasteiger partial charge in [0.2, 0.25) is 5.91 Å². The number of aryl methyl sites for hydroxylation is 2. The number of nitrogens with one attached hydrogen (secondary N) is 2. The first kappa shape index (κ1) is 13.2. The summed E-state index contributed by atoms with van der Waals surface area (Å²) in [6.07, 6.45) is 1.05. The van der Waals surface area contributed by atoms with Gasteiger partial charge in [-0.2, -0.15) is 0 Å². The van der Waals surface area contributed by atoms with E-state index in [9.17, 15) is 4.79 Å². The first-order chi connectivity index (χ1) is 7.63. The summed E-state index contributed by atoms with van der Waals surface area (Å²) < 4.78 is 0. The molecule has 1 heterocycles. The largest absolute Gasteiger partial charge is 0.350 e. The molecule has 90 valence electrons. The van der Waals surface area contributed by atoms with E-state index in [4.69, 9.17) is 0 Å². The highest BCUT2D eigenvalue weighted by Gasteiger charge is 2.03. The van der Waals surface area contributed by atoms with E-state index in [0.29, 0.717) is 13.1 Å². The fourth-order valence-corrected chi connectivity index (χ4v) is 2.36. The Hall–Kier alpha value is -0.870. The Morgan fingerprint density at radius 3 is 2.75 bits per heavy atom. The van der Waals surface area contributed by atoms with Gasteiger partial charge in [-0.05, 0) is 38.4 Å². The van der Waals surface area contributed by atoms with Crippen LogP contribution >= 0.6 is 11.3 Å². The molecule has 1 rings (SSSR count). The molecule has 2 N–H and O–H groups in total. The highest BCUT2D eigenvalue weighted by Crippen LogP contribution is 2.19. The average molecular weight is 240 g/mol. The van der Waals surface area contributed by atoms with Crippen LogP contribution in [0.1, 0.15) is 28.7 Å². The smallest absolute Gasteiger partial charge is 0.234 e. The number of hydrogen-bond donors (Lipinski definition) is 2. The van der Waals surface area contributed by atoms with Gasteiger partial charge in [0, 0.05) is 9.75 Å². The van der Waals surface area contributed by atoms with Crippen molar-refractivity contribution in [2.75, 3.05) is 13.1 Å². The van der Waals surface area contributed by atoms with E-state index in [1.54, 1.807) is 11.3 Å². The molecule has 0 aliphatic carbocycles. The van der Waals surface area contributed by atoms with Crippen molar-refractivity contribution in [3.05, 3.63) is 21.4 Å². The van der Waals surface area contributed by atoms with Gasteiger partial charge in [-0.15, -0.1) is 11.3 Å². The van der Waals surface area contributed by atoms with Crippen LogP contribution in [0.5, 0.6) is 0 Å². The van der Waals surface area contributed by atoms with E-state index >= 15 is 0 Å². The van der Waals surface area contributed by atoms with Crippen molar-refractivity contribution in [2.24, 2.45) is 0 Å². The minimum absolute atomic E-state index is 0.0668. The van der Waals surface area contributed by atoms with Gasteiger partial charge in [-0.25, -0.2) is 0 Å². The lowest BCUT2D eigenvalue weighted by atomic mass is 10.3. The Labute approximate surface area is 101 Å². The molecule has 0 aliphatic rings. The van der Waals surface area contributed by atoms with E-state index < -0.39 is 0 Å². The SMILES string of the molecule is CCCNCC(=O)NCc1cc(C)c(C)s1. The van der Waals surface area contributed by atoms with Gasteiger partial charge in [0.1, 0.15) is 0 Å². The summed E-state index contributed by atoms with van der Waals surface area (Å²) >= 11 is 1.75. The summed E-state index contributed by atoms with van der Waals surface area (Å²) in [6.45, 7) is 8.24. The van der Waals surface area contributed by atoms with Crippen molar-refractivity contribution < 1.29 is 4.79 Å². The van der Waals surface area contributed by atoms with Crippen LogP contribution in [0, 0.1) is 13.8 Å². The first-order valence-corrected chi connectivity index (χ1v) is 6.48. The maximum Gasteiger partial charge on any atom is 0.234 e. The highest BCUT2D eigenvalue weighted by molar-refractivity contribution is 7.12. The molecule has 0 radical (unpaired) electrons. The van der Waals surface area contributed by atoms with Crippen LogP contribution in [0.2, 0.25) is 0 Å². The molecule has 0 saturated heterocycles. The maximum absolute atomic E-state index is 11.4. The van der Waals surface area contributed by atoms with E-state index in [0.717, 1.165) is 13.0 Å². The molecule has 1 aromatic rings. The summed E-state index contributed by atoms with van der Waals surface area (Å²) in [5.74, 6) is 0.0668. The Bertz CT molecular complexity index is 327. The molecule has 0 aromatic carbocycles. The second kappa shape index (κ2) is 6.66. The van der Waals surface area contributed by atoms with Crippen molar-refractivity contribution in [1.82, 2.24) is 10.6 Å². The van der Waals surface area contributed by atoms with E-state index in [1.165, 1.54) is 15.3 Å². The standard InChI is InChI=1S/C12H20N2OS/c1-4-5-13-8-12(15)14-7-11-6-9(2)10(3)16-11/h6,13H,4-5,7-8H2,1-3H3,(H,14,15). The summed E-state index contributed by atoms with van der Waals surface area (Å²) in [5, 5.41) is 5.99. The molecule has 0 atom stereocenters. The second-order valence-corrected chi connectivity index (χ2v) is 5.25. The van der Waals surface area contributed by atoms with Crippen LogP contribution < -0.4 is 10.6 Å². The van der Waals surface area contributed by atoms with Crippen LogP contribution in [-0.2, 0) is 11.3 Å². The first-order valence-electron chi connectivity index (χ1n) is 5.66. The van der Waals surface area contributed by atoms with Crippen LogP contribution in [0.15, 0.2) is 6.07 Å². The molecule has 0 aliphatic heterocycles. The quantitative estimate of drug-likeness (QED) is 0.747. The van der Waals surface area contributed by atoms with Gasteiger partial charge in [-0.3, -0.25) is 4.79 Å². The van der Waals surface area contributed by atoms with Crippen molar-refractivity contribution >= 4 is 17.2 Å².